The largest absolute Gasteiger partial charge is 0.463 e. The Bertz CT molecular complexity index is 822. The molecule has 8 heteroatoms. The summed E-state index contributed by atoms with van der Waals surface area (Å²) in [7, 11) is -3.72. The Kier molecular flexibility index (Phi) is 5.22. The summed E-state index contributed by atoms with van der Waals surface area (Å²) in [4.78, 5) is 12.0. The molecule has 1 aromatic carbocycles. The van der Waals surface area contributed by atoms with Gasteiger partial charge in [-0.1, -0.05) is 12.1 Å². The normalized spacial score (nSPS) is 17.9. The molecule has 1 saturated heterocycles. The fraction of sp³-hybridized carbons (Fsp3) is 0.353. The maximum atomic E-state index is 12.9. The fourth-order valence-corrected chi connectivity index (χ4v) is 4.19. The van der Waals surface area contributed by atoms with Crippen LogP contribution in [0.25, 0.3) is 6.08 Å². The Morgan fingerprint density at radius 2 is 2.04 bits per heavy atom. The van der Waals surface area contributed by atoms with E-state index in [4.69, 9.17) is 14.2 Å². The van der Waals surface area contributed by atoms with Crippen LogP contribution in [-0.2, 0) is 24.3 Å². The number of fused-ring (bicyclic) bond motifs is 1. The molecule has 0 spiro atoms. The lowest BCUT2D eigenvalue weighted by atomic mass is 10.1. The maximum absolute atomic E-state index is 12.9. The molecule has 0 saturated carbocycles. The summed E-state index contributed by atoms with van der Waals surface area (Å²) in [6.07, 6.45) is 4.32. The molecule has 134 valence electrons. The molecule has 0 aliphatic carbocycles. The standard InChI is InChI=1S/C17H19NO6S/c1-2-23-17(19)14-6-9-24-16-13(12-14)4-3-5-15(16)25(20,21)18-7-10-22-11-8-18/h3-6,9,12H,2,7-8,10-11H2,1H3. The minimum atomic E-state index is -3.72. The van der Waals surface area contributed by atoms with Crippen LogP contribution in [0.5, 0.6) is 5.75 Å². The number of para-hydroxylation sites is 1. The van der Waals surface area contributed by atoms with Gasteiger partial charge in [-0.2, -0.15) is 4.31 Å². The molecule has 0 radical (unpaired) electrons. The van der Waals surface area contributed by atoms with Crippen molar-refractivity contribution >= 4 is 22.1 Å². The molecule has 1 fully saturated rings. The van der Waals surface area contributed by atoms with Gasteiger partial charge in [-0.25, -0.2) is 13.2 Å². The Hall–Kier alpha value is -2.16. The number of hydrogen-bond acceptors (Lipinski definition) is 6. The molecule has 0 amide bonds. The molecule has 0 aromatic heterocycles. The molecule has 25 heavy (non-hydrogen) atoms. The highest BCUT2D eigenvalue weighted by Crippen LogP contribution is 2.34. The van der Waals surface area contributed by atoms with Crippen LogP contribution in [0.1, 0.15) is 12.5 Å². The van der Waals surface area contributed by atoms with Gasteiger partial charge in [0.25, 0.3) is 0 Å². The van der Waals surface area contributed by atoms with Crippen LogP contribution >= 0.6 is 0 Å². The maximum Gasteiger partial charge on any atom is 0.338 e. The van der Waals surface area contributed by atoms with Gasteiger partial charge >= 0.3 is 5.97 Å². The number of sulfonamides is 1. The highest BCUT2D eigenvalue weighted by molar-refractivity contribution is 7.89. The predicted octanol–water partition coefficient (Wildman–Crippen LogP) is 1.56. The van der Waals surface area contributed by atoms with Crippen LogP contribution in [0.15, 0.2) is 41.0 Å². The van der Waals surface area contributed by atoms with Gasteiger partial charge in [0.15, 0.2) is 5.75 Å². The van der Waals surface area contributed by atoms with Gasteiger partial charge in [-0.15, -0.1) is 0 Å². The van der Waals surface area contributed by atoms with Gasteiger partial charge in [0.2, 0.25) is 10.0 Å². The lowest BCUT2D eigenvalue weighted by Crippen LogP contribution is -2.40. The fourth-order valence-electron chi connectivity index (χ4n) is 2.63. The number of carbonyl (C=O) groups excluding carboxylic acids is 1. The van der Waals surface area contributed by atoms with Gasteiger partial charge in [0.1, 0.15) is 4.90 Å². The molecule has 0 bridgehead atoms. The molecule has 7 nitrogen and oxygen atoms in total. The van der Waals surface area contributed by atoms with Crippen molar-refractivity contribution in [3.05, 3.63) is 41.7 Å². The van der Waals surface area contributed by atoms with Crippen LogP contribution in [0.2, 0.25) is 0 Å². The van der Waals surface area contributed by atoms with Crippen molar-refractivity contribution in [1.82, 2.24) is 4.31 Å². The summed E-state index contributed by atoms with van der Waals surface area (Å²) in [5.41, 5.74) is 0.795. The van der Waals surface area contributed by atoms with Crippen LogP contribution in [0.3, 0.4) is 0 Å². The number of ether oxygens (including phenoxy) is 3. The zero-order chi connectivity index (χ0) is 17.9. The summed E-state index contributed by atoms with van der Waals surface area (Å²) in [5.74, 6) is -0.291. The summed E-state index contributed by atoms with van der Waals surface area (Å²) < 4.78 is 43.0. The summed E-state index contributed by atoms with van der Waals surface area (Å²) >= 11 is 0. The van der Waals surface area contributed by atoms with Crippen LogP contribution in [0, 0.1) is 0 Å². The van der Waals surface area contributed by atoms with E-state index < -0.39 is 16.0 Å². The molecular formula is C17H19NO6S. The molecule has 3 rings (SSSR count). The van der Waals surface area contributed by atoms with E-state index in [-0.39, 0.29) is 17.3 Å². The van der Waals surface area contributed by atoms with Gasteiger partial charge in [0.05, 0.1) is 31.7 Å². The first-order chi connectivity index (χ1) is 12.0. The first-order valence-electron chi connectivity index (χ1n) is 7.97. The van der Waals surface area contributed by atoms with Crippen molar-refractivity contribution < 1.29 is 27.4 Å². The van der Waals surface area contributed by atoms with E-state index in [1.165, 1.54) is 22.7 Å². The second kappa shape index (κ2) is 7.38. The first-order valence-corrected chi connectivity index (χ1v) is 9.41. The zero-order valence-corrected chi connectivity index (χ0v) is 14.6. The number of carbonyl (C=O) groups is 1. The molecule has 0 unspecified atom stereocenters. The molecule has 2 aliphatic rings. The Balaban J connectivity index is 2.02. The number of hydrogen-bond donors (Lipinski definition) is 0. The lowest BCUT2D eigenvalue weighted by Gasteiger charge is -2.26. The minimum Gasteiger partial charge on any atom is -0.463 e. The first kappa shape index (κ1) is 17.7. The monoisotopic (exact) mass is 365 g/mol. The van der Waals surface area contributed by atoms with Crippen LogP contribution in [0.4, 0.5) is 0 Å². The SMILES string of the molecule is CCOC(=O)C1=Cc2cccc(S(=O)(=O)N3CCOCC3)c2OC=C1. The van der Waals surface area contributed by atoms with E-state index in [0.29, 0.717) is 37.4 Å². The number of benzene rings is 1. The van der Waals surface area contributed by atoms with Crippen molar-refractivity contribution in [1.29, 1.82) is 0 Å². The molecular weight excluding hydrogens is 346 g/mol. The van der Waals surface area contributed by atoms with Gasteiger partial charge in [-0.3, -0.25) is 0 Å². The topological polar surface area (TPSA) is 82.1 Å². The average molecular weight is 365 g/mol. The summed E-state index contributed by atoms with van der Waals surface area (Å²) in [6, 6.07) is 4.82. The smallest absolute Gasteiger partial charge is 0.338 e. The van der Waals surface area contributed by atoms with E-state index in [1.807, 2.05) is 0 Å². The zero-order valence-electron chi connectivity index (χ0n) is 13.8. The van der Waals surface area contributed by atoms with E-state index in [9.17, 15) is 13.2 Å². The second-order valence-electron chi connectivity index (χ2n) is 5.43. The second-order valence-corrected chi connectivity index (χ2v) is 7.34. The van der Waals surface area contributed by atoms with Crippen molar-refractivity contribution in [2.24, 2.45) is 0 Å². The number of morpholine rings is 1. The van der Waals surface area contributed by atoms with Gasteiger partial charge in [0, 0.05) is 18.7 Å². The Labute approximate surface area is 146 Å². The molecule has 2 heterocycles. The predicted molar refractivity (Wildman–Crippen MR) is 90.4 cm³/mol. The van der Waals surface area contributed by atoms with Crippen molar-refractivity contribution in [2.45, 2.75) is 11.8 Å². The highest BCUT2D eigenvalue weighted by Gasteiger charge is 2.30. The van der Waals surface area contributed by atoms with Gasteiger partial charge < -0.3 is 14.2 Å². The van der Waals surface area contributed by atoms with E-state index >= 15 is 0 Å². The molecule has 0 N–H and O–H groups in total. The van der Waals surface area contributed by atoms with Crippen LogP contribution < -0.4 is 4.74 Å². The minimum absolute atomic E-state index is 0.0675. The van der Waals surface area contributed by atoms with E-state index in [0.717, 1.165) is 0 Å². The third-order valence-corrected chi connectivity index (χ3v) is 5.78. The number of rotatable bonds is 4. The quantitative estimate of drug-likeness (QED) is 0.753. The molecule has 2 aliphatic heterocycles. The van der Waals surface area contributed by atoms with E-state index in [1.54, 1.807) is 25.1 Å². The Morgan fingerprint density at radius 1 is 1.28 bits per heavy atom. The summed E-state index contributed by atoms with van der Waals surface area (Å²) in [6.45, 7) is 3.29. The Morgan fingerprint density at radius 3 is 2.76 bits per heavy atom. The average Bonchev–Trinajstić information content (AvgIpc) is 2.85. The summed E-state index contributed by atoms with van der Waals surface area (Å²) in [5, 5.41) is 0. The van der Waals surface area contributed by atoms with Gasteiger partial charge in [-0.05, 0) is 25.1 Å². The third kappa shape index (κ3) is 3.60. The van der Waals surface area contributed by atoms with E-state index in [2.05, 4.69) is 0 Å². The molecule has 1 aromatic rings. The lowest BCUT2D eigenvalue weighted by molar-refractivity contribution is -0.138. The number of nitrogens with zero attached hydrogens (tertiary/aromatic N) is 1. The van der Waals surface area contributed by atoms with Crippen LogP contribution in [-0.4, -0.2) is 51.6 Å². The highest BCUT2D eigenvalue weighted by atomic mass is 32.2. The third-order valence-electron chi connectivity index (χ3n) is 3.85. The van der Waals surface area contributed by atoms with Crippen molar-refractivity contribution in [3.8, 4) is 5.75 Å². The molecule has 0 atom stereocenters. The number of esters is 1. The van der Waals surface area contributed by atoms with Crippen molar-refractivity contribution in [2.75, 3.05) is 32.9 Å². The van der Waals surface area contributed by atoms with Crippen molar-refractivity contribution in [3.63, 3.8) is 0 Å².